The van der Waals surface area contributed by atoms with Gasteiger partial charge in [-0.2, -0.15) is 4.31 Å². The molecule has 1 aliphatic rings. The van der Waals surface area contributed by atoms with E-state index in [0.717, 1.165) is 16.5 Å². The molecule has 0 spiro atoms. The lowest BCUT2D eigenvalue weighted by atomic mass is 10.1. The van der Waals surface area contributed by atoms with Gasteiger partial charge in [0.2, 0.25) is 27.7 Å². The van der Waals surface area contributed by atoms with E-state index >= 15 is 0 Å². The number of amides is 4. The van der Waals surface area contributed by atoms with E-state index in [2.05, 4.69) is 10.3 Å². The Hall–Kier alpha value is -3.72. The van der Waals surface area contributed by atoms with E-state index in [1.165, 1.54) is 24.9 Å². The monoisotopic (exact) mass is 626 g/mol. The number of halogens is 2. The average Bonchev–Trinajstić information content (AvgIpc) is 3.40. The number of rotatable bonds is 11. The molecule has 2 aromatic rings. The summed E-state index contributed by atoms with van der Waals surface area (Å²) in [4.78, 5) is 54.5. The summed E-state index contributed by atoms with van der Waals surface area (Å²) < 4.78 is 27.0. The molecule has 0 radical (unpaired) electrons. The maximum absolute atomic E-state index is 13.2. The Morgan fingerprint density at radius 1 is 1.10 bits per heavy atom. The van der Waals surface area contributed by atoms with Gasteiger partial charge in [-0.3, -0.25) is 24.3 Å². The first-order chi connectivity index (χ1) is 19.2. The van der Waals surface area contributed by atoms with Crippen molar-refractivity contribution < 1.29 is 32.7 Å². The summed E-state index contributed by atoms with van der Waals surface area (Å²) >= 11 is 12.2. The molecule has 220 valence electrons. The van der Waals surface area contributed by atoms with Crippen LogP contribution in [0.2, 0.25) is 10.0 Å². The Kier molecular flexibility index (Phi) is 10.3. The van der Waals surface area contributed by atoms with E-state index in [4.69, 9.17) is 28.9 Å². The zero-order valence-corrected chi connectivity index (χ0v) is 24.5. The highest BCUT2D eigenvalue weighted by Crippen LogP contribution is 2.32. The molecule has 1 aliphatic heterocycles. The summed E-state index contributed by atoms with van der Waals surface area (Å²) in [5, 5.41) is 11.7. The van der Waals surface area contributed by atoms with Crippen LogP contribution in [0.3, 0.4) is 0 Å². The normalized spacial score (nSPS) is 13.2. The van der Waals surface area contributed by atoms with Gasteiger partial charge in [0.25, 0.3) is 0 Å². The molecule has 16 heteroatoms. The number of benzene rings is 2. The highest BCUT2D eigenvalue weighted by molar-refractivity contribution is 7.89. The van der Waals surface area contributed by atoms with Gasteiger partial charge in [0.1, 0.15) is 10.7 Å². The van der Waals surface area contributed by atoms with Gasteiger partial charge in [-0.25, -0.2) is 13.2 Å². The number of nitrogens with one attached hydrogen (secondary N) is 1. The van der Waals surface area contributed by atoms with Gasteiger partial charge >= 0.3 is 6.09 Å². The van der Waals surface area contributed by atoms with Crippen molar-refractivity contribution in [1.82, 2.24) is 19.4 Å². The summed E-state index contributed by atoms with van der Waals surface area (Å²) in [6, 6.07) is 9.36. The van der Waals surface area contributed by atoms with Crippen LogP contribution in [0.4, 0.5) is 4.79 Å². The number of carbonyl (C=O) groups is 4. The predicted octanol–water partition coefficient (Wildman–Crippen LogP) is 1.29. The number of sulfonamides is 1. The van der Waals surface area contributed by atoms with E-state index < -0.39 is 53.5 Å². The number of nitrogens with two attached hydrogens (primary N) is 1. The fraction of sp³-hybridized carbons (Fsp3) is 0.320. The van der Waals surface area contributed by atoms with Crippen LogP contribution < -0.4 is 11.1 Å². The van der Waals surface area contributed by atoms with Crippen molar-refractivity contribution in [3.63, 3.8) is 0 Å². The van der Waals surface area contributed by atoms with E-state index in [9.17, 15) is 32.7 Å². The molecule has 2 aromatic carbocycles. The molecule has 0 fully saturated rings. The number of hydrogen-bond acceptors (Lipinski definition) is 7. The molecule has 0 atom stereocenters. The SMILES string of the molecule is Cc1c(Cl)ccc(S(=O)(=O)N(CC(N)=O)CC(=O)NCC(=O)N(C)Cc2ccc(C3=NCCN3C(=O)O)cc2)c1Cl. The number of likely N-dealkylation sites (N-methyl/N-ethyl adjacent to an activating group) is 1. The number of carbonyl (C=O) groups excluding carboxylic acids is 3. The molecule has 41 heavy (non-hydrogen) atoms. The van der Waals surface area contributed by atoms with Crippen LogP contribution in [-0.2, 0) is 31.0 Å². The van der Waals surface area contributed by atoms with Crippen LogP contribution in [0, 0.1) is 6.92 Å². The molecule has 0 saturated heterocycles. The van der Waals surface area contributed by atoms with Crippen molar-refractivity contribution in [3.05, 3.63) is 63.1 Å². The highest BCUT2D eigenvalue weighted by Gasteiger charge is 2.31. The number of nitrogens with zero attached hydrogens (tertiary/aromatic N) is 4. The van der Waals surface area contributed by atoms with E-state index in [1.807, 2.05) is 0 Å². The van der Waals surface area contributed by atoms with Crippen molar-refractivity contribution in [3.8, 4) is 0 Å². The van der Waals surface area contributed by atoms with E-state index in [-0.39, 0.29) is 28.0 Å². The summed E-state index contributed by atoms with van der Waals surface area (Å²) in [5.74, 6) is -1.96. The van der Waals surface area contributed by atoms with Gasteiger partial charge in [0.05, 0.1) is 37.7 Å². The molecule has 0 aromatic heterocycles. The third kappa shape index (κ3) is 7.73. The molecule has 4 amide bonds. The number of carboxylic acid groups (broad SMARTS) is 1. The quantitative estimate of drug-likeness (QED) is 0.335. The zero-order chi connectivity index (χ0) is 30.5. The lowest BCUT2D eigenvalue weighted by Gasteiger charge is -2.22. The van der Waals surface area contributed by atoms with Gasteiger partial charge in [-0.05, 0) is 30.2 Å². The number of amidine groups is 1. The fourth-order valence-corrected chi connectivity index (χ4v) is 6.05. The van der Waals surface area contributed by atoms with Crippen LogP contribution in [0.15, 0.2) is 46.3 Å². The highest BCUT2D eigenvalue weighted by atomic mass is 35.5. The predicted molar refractivity (Wildman–Crippen MR) is 151 cm³/mol. The molecule has 0 bridgehead atoms. The first-order valence-electron chi connectivity index (χ1n) is 12.1. The third-order valence-electron chi connectivity index (χ3n) is 6.12. The second-order valence-electron chi connectivity index (χ2n) is 9.09. The van der Waals surface area contributed by atoms with Crippen molar-refractivity contribution >= 4 is 62.9 Å². The molecule has 0 unspecified atom stereocenters. The Bertz CT molecular complexity index is 1500. The van der Waals surface area contributed by atoms with Crippen molar-refractivity contribution in [2.45, 2.75) is 18.4 Å². The lowest BCUT2D eigenvalue weighted by Crippen LogP contribution is -2.46. The standard InChI is InChI=1S/C25H28Cl2N6O7S/c1-15-18(26)7-8-19(23(15)27)41(39,40)32(13-20(28)34)14-21(35)30-11-22(36)31(2)12-16-3-5-17(6-4-16)24-29-9-10-33(24)25(37)38/h3-8H,9-14H2,1-2H3,(H2,28,34)(H,30,35)(H,37,38). The Morgan fingerprint density at radius 3 is 2.37 bits per heavy atom. The van der Waals surface area contributed by atoms with Gasteiger partial charge in [0.15, 0.2) is 0 Å². The van der Waals surface area contributed by atoms with Crippen molar-refractivity contribution in [2.24, 2.45) is 10.7 Å². The second-order valence-corrected chi connectivity index (χ2v) is 11.8. The summed E-state index contributed by atoms with van der Waals surface area (Å²) in [5.41, 5.74) is 6.88. The molecule has 13 nitrogen and oxygen atoms in total. The minimum Gasteiger partial charge on any atom is -0.465 e. The Balaban J connectivity index is 1.60. The molecular formula is C25H28Cl2N6O7S. The zero-order valence-electron chi connectivity index (χ0n) is 22.1. The molecule has 0 saturated carbocycles. The third-order valence-corrected chi connectivity index (χ3v) is 8.96. The van der Waals surface area contributed by atoms with Gasteiger partial charge in [-0.1, -0.05) is 47.5 Å². The molecule has 4 N–H and O–H groups in total. The first-order valence-corrected chi connectivity index (χ1v) is 14.3. The Morgan fingerprint density at radius 2 is 1.76 bits per heavy atom. The van der Waals surface area contributed by atoms with E-state index in [1.54, 1.807) is 24.3 Å². The van der Waals surface area contributed by atoms with E-state index in [0.29, 0.717) is 27.8 Å². The molecule has 1 heterocycles. The van der Waals surface area contributed by atoms with Crippen LogP contribution in [0.25, 0.3) is 0 Å². The number of aliphatic imine (C=N–C) groups is 1. The van der Waals surface area contributed by atoms with Crippen molar-refractivity contribution in [1.29, 1.82) is 0 Å². The minimum absolute atomic E-state index is 0.160. The largest absolute Gasteiger partial charge is 0.465 e. The minimum atomic E-state index is -4.43. The topological polar surface area (TPSA) is 183 Å². The Labute approximate surface area is 246 Å². The summed E-state index contributed by atoms with van der Waals surface area (Å²) in [6.07, 6.45) is -1.09. The van der Waals surface area contributed by atoms with Crippen LogP contribution in [-0.4, -0.2) is 97.1 Å². The average molecular weight is 628 g/mol. The van der Waals surface area contributed by atoms with Crippen LogP contribution >= 0.6 is 23.2 Å². The lowest BCUT2D eigenvalue weighted by molar-refractivity contribution is -0.132. The maximum Gasteiger partial charge on any atom is 0.413 e. The smallest absolute Gasteiger partial charge is 0.413 e. The van der Waals surface area contributed by atoms with Crippen LogP contribution in [0.5, 0.6) is 0 Å². The molecule has 0 aliphatic carbocycles. The van der Waals surface area contributed by atoms with Gasteiger partial charge < -0.3 is 21.1 Å². The maximum atomic E-state index is 13.2. The first kappa shape index (κ1) is 31.8. The summed E-state index contributed by atoms with van der Waals surface area (Å²) in [7, 11) is -2.91. The number of primary amides is 1. The molecule has 3 rings (SSSR count). The van der Waals surface area contributed by atoms with Gasteiger partial charge in [-0.15, -0.1) is 0 Å². The fourth-order valence-electron chi connectivity index (χ4n) is 3.90. The van der Waals surface area contributed by atoms with Crippen LogP contribution in [0.1, 0.15) is 16.7 Å². The number of hydrogen-bond donors (Lipinski definition) is 3. The molecular weight excluding hydrogens is 599 g/mol. The van der Waals surface area contributed by atoms with Gasteiger partial charge in [0, 0.05) is 24.2 Å². The second kappa shape index (κ2) is 13.3. The van der Waals surface area contributed by atoms with Crippen molar-refractivity contribution in [2.75, 3.05) is 39.8 Å². The summed E-state index contributed by atoms with van der Waals surface area (Å²) in [6.45, 7) is 0.336.